The van der Waals surface area contributed by atoms with E-state index in [0.29, 0.717) is 5.56 Å². The number of carbonyl (C=O) groups is 3. The van der Waals surface area contributed by atoms with Crippen LogP contribution in [0.15, 0.2) is 59.1 Å². The lowest BCUT2D eigenvalue weighted by molar-refractivity contribution is -0.130. The second-order valence-electron chi connectivity index (χ2n) is 6.21. The predicted octanol–water partition coefficient (Wildman–Crippen LogP) is 3.29. The summed E-state index contributed by atoms with van der Waals surface area (Å²) in [5.74, 6) is -1.63. The molecule has 0 saturated carbocycles. The van der Waals surface area contributed by atoms with Gasteiger partial charge in [-0.15, -0.1) is 0 Å². The van der Waals surface area contributed by atoms with Crippen molar-refractivity contribution in [3.63, 3.8) is 0 Å². The molecule has 0 unspecified atom stereocenters. The summed E-state index contributed by atoms with van der Waals surface area (Å²) in [4.78, 5) is 39.1. The summed E-state index contributed by atoms with van der Waals surface area (Å²) in [5.41, 5.74) is 0.297. The van der Waals surface area contributed by atoms with Gasteiger partial charge in [-0.3, -0.25) is 14.5 Å². The Morgan fingerprint density at radius 1 is 1.13 bits per heavy atom. The Hall–Kier alpha value is -3.43. The summed E-state index contributed by atoms with van der Waals surface area (Å²) in [6.07, 6.45) is 2.57. The van der Waals surface area contributed by atoms with Crippen LogP contribution in [0.3, 0.4) is 0 Å². The summed E-state index contributed by atoms with van der Waals surface area (Å²) in [5, 5.41) is 10.2. The second-order valence-corrected chi connectivity index (χ2v) is 7.88. The van der Waals surface area contributed by atoms with Gasteiger partial charge in [0.15, 0.2) is 15.8 Å². The highest BCUT2D eigenvalue weighted by atomic mass is 32.2. The van der Waals surface area contributed by atoms with Gasteiger partial charge in [0.2, 0.25) is 5.78 Å². The fraction of sp³-hybridized carbons (Fsp3) is 0.0476. The molecule has 0 bridgehead atoms. The van der Waals surface area contributed by atoms with E-state index in [1.807, 2.05) is 0 Å². The molecular weight excluding hydrogens is 426 g/mol. The van der Waals surface area contributed by atoms with E-state index in [-0.39, 0.29) is 37.6 Å². The number of phenols is 1. The van der Waals surface area contributed by atoms with Crippen molar-refractivity contribution >= 4 is 52.0 Å². The number of hydrogen-bond acceptors (Lipinski definition) is 8. The first-order valence-corrected chi connectivity index (χ1v) is 9.84. The van der Waals surface area contributed by atoms with E-state index in [2.05, 4.69) is 0 Å². The SMILES string of the molecule is COc1cccc(/C=C2/SC(=S)N(/C=C3/C(=O)Oc4ccccc4C3=O)C2=O)c1O. The van der Waals surface area contributed by atoms with Gasteiger partial charge in [-0.25, -0.2) is 4.79 Å². The van der Waals surface area contributed by atoms with Crippen LogP contribution in [0.2, 0.25) is 0 Å². The number of fused-ring (bicyclic) bond motifs is 1. The number of aromatic hydroxyl groups is 1. The molecule has 2 aromatic carbocycles. The van der Waals surface area contributed by atoms with Crippen molar-refractivity contribution in [1.29, 1.82) is 0 Å². The van der Waals surface area contributed by atoms with Gasteiger partial charge in [0.25, 0.3) is 5.91 Å². The lowest BCUT2D eigenvalue weighted by Gasteiger charge is -2.18. The molecule has 9 heteroatoms. The molecule has 0 aromatic heterocycles. The lowest BCUT2D eigenvalue weighted by atomic mass is 10.0. The van der Waals surface area contributed by atoms with Crippen LogP contribution in [0.5, 0.6) is 17.2 Å². The Labute approximate surface area is 180 Å². The number of methoxy groups -OCH3 is 1. The van der Waals surface area contributed by atoms with Crippen molar-refractivity contribution in [3.8, 4) is 17.2 Å². The van der Waals surface area contributed by atoms with Crippen molar-refractivity contribution in [2.45, 2.75) is 0 Å². The minimum atomic E-state index is -0.859. The first-order valence-electron chi connectivity index (χ1n) is 8.61. The normalized spacial score (nSPS) is 18.8. The number of Topliss-reactive ketones (excluding diaryl/α,β-unsaturated/α-hetero) is 1. The predicted molar refractivity (Wildman–Crippen MR) is 114 cm³/mol. The fourth-order valence-corrected chi connectivity index (χ4v) is 4.13. The molecule has 2 heterocycles. The number of phenolic OH excluding ortho intramolecular Hbond substituents is 1. The third-order valence-corrected chi connectivity index (χ3v) is 5.75. The van der Waals surface area contributed by atoms with Crippen molar-refractivity contribution in [2.24, 2.45) is 0 Å². The first-order chi connectivity index (χ1) is 14.4. The van der Waals surface area contributed by atoms with Crippen LogP contribution in [0, 0.1) is 0 Å². The molecule has 0 aliphatic carbocycles. The molecule has 2 aliphatic heterocycles. The molecule has 1 amide bonds. The van der Waals surface area contributed by atoms with Crippen LogP contribution < -0.4 is 9.47 Å². The van der Waals surface area contributed by atoms with Gasteiger partial charge in [-0.1, -0.05) is 48.2 Å². The van der Waals surface area contributed by atoms with Crippen LogP contribution in [-0.2, 0) is 9.59 Å². The highest BCUT2D eigenvalue weighted by Crippen LogP contribution is 2.37. The Kier molecular flexibility index (Phi) is 5.15. The maximum Gasteiger partial charge on any atom is 0.349 e. The van der Waals surface area contributed by atoms with Gasteiger partial charge in [0.05, 0.1) is 17.6 Å². The third kappa shape index (κ3) is 3.38. The Morgan fingerprint density at radius 3 is 2.67 bits per heavy atom. The van der Waals surface area contributed by atoms with Crippen LogP contribution in [0.4, 0.5) is 0 Å². The molecule has 0 atom stereocenters. The van der Waals surface area contributed by atoms with Gasteiger partial charge >= 0.3 is 5.97 Å². The van der Waals surface area contributed by atoms with E-state index in [1.54, 1.807) is 30.3 Å². The van der Waals surface area contributed by atoms with Gasteiger partial charge < -0.3 is 14.6 Å². The van der Waals surface area contributed by atoms with E-state index in [9.17, 15) is 19.5 Å². The maximum absolute atomic E-state index is 12.8. The number of benzene rings is 2. The van der Waals surface area contributed by atoms with Crippen molar-refractivity contribution in [1.82, 2.24) is 4.90 Å². The van der Waals surface area contributed by atoms with Crippen molar-refractivity contribution < 1.29 is 29.0 Å². The second kappa shape index (κ2) is 7.77. The Bertz CT molecular complexity index is 1180. The highest BCUT2D eigenvalue weighted by Gasteiger charge is 2.36. The number of ether oxygens (including phenoxy) is 2. The Morgan fingerprint density at radius 2 is 1.90 bits per heavy atom. The van der Waals surface area contributed by atoms with Crippen molar-refractivity contribution in [2.75, 3.05) is 7.11 Å². The van der Waals surface area contributed by atoms with E-state index < -0.39 is 17.7 Å². The quantitative estimate of drug-likeness (QED) is 0.256. The number of rotatable bonds is 3. The molecular formula is C21H13NO6S2. The van der Waals surface area contributed by atoms with E-state index >= 15 is 0 Å². The molecule has 1 fully saturated rings. The molecule has 0 radical (unpaired) electrons. The van der Waals surface area contributed by atoms with Gasteiger partial charge in [-0.05, 0) is 24.3 Å². The van der Waals surface area contributed by atoms with Gasteiger partial charge in [-0.2, -0.15) is 0 Å². The average Bonchev–Trinajstić information content (AvgIpc) is 2.99. The molecule has 30 heavy (non-hydrogen) atoms. The van der Waals surface area contributed by atoms with E-state index in [0.717, 1.165) is 22.9 Å². The molecule has 2 aliphatic rings. The van der Waals surface area contributed by atoms with Gasteiger partial charge in [0.1, 0.15) is 11.3 Å². The minimum Gasteiger partial charge on any atom is -0.504 e. The molecule has 1 N–H and O–H groups in total. The number of carbonyl (C=O) groups excluding carboxylic acids is 3. The Balaban J connectivity index is 1.67. The summed E-state index contributed by atoms with van der Waals surface area (Å²) < 4.78 is 10.4. The summed E-state index contributed by atoms with van der Waals surface area (Å²) in [7, 11) is 1.42. The number of amides is 1. The molecule has 1 saturated heterocycles. The minimum absolute atomic E-state index is 0.119. The van der Waals surface area contributed by atoms with E-state index in [1.165, 1.54) is 25.3 Å². The van der Waals surface area contributed by atoms with Crippen LogP contribution >= 0.6 is 24.0 Å². The summed E-state index contributed by atoms with van der Waals surface area (Å²) in [6.45, 7) is 0. The number of para-hydroxylation sites is 2. The fourth-order valence-electron chi connectivity index (χ4n) is 2.93. The van der Waals surface area contributed by atoms with Crippen LogP contribution in [-0.4, -0.2) is 39.1 Å². The molecule has 7 nitrogen and oxygen atoms in total. The highest BCUT2D eigenvalue weighted by molar-refractivity contribution is 8.26. The molecule has 0 spiro atoms. The summed E-state index contributed by atoms with van der Waals surface area (Å²) in [6, 6.07) is 11.2. The zero-order valence-electron chi connectivity index (χ0n) is 15.4. The zero-order chi connectivity index (χ0) is 21.4. The molecule has 2 aromatic rings. The number of ketones is 1. The smallest absolute Gasteiger partial charge is 0.349 e. The number of thioether (sulfide) groups is 1. The van der Waals surface area contributed by atoms with Crippen molar-refractivity contribution in [3.05, 3.63) is 70.3 Å². The van der Waals surface area contributed by atoms with E-state index in [4.69, 9.17) is 21.7 Å². The topological polar surface area (TPSA) is 93.1 Å². The lowest BCUT2D eigenvalue weighted by Crippen LogP contribution is -2.30. The largest absolute Gasteiger partial charge is 0.504 e. The standard InChI is InChI=1S/C21H13NO6S2/c1-27-15-8-4-5-11(17(15)23)9-16-19(25)22(21(29)30-16)10-13-18(24)12-6-2-3-7-14(12)28-20(13)26/h2-10,23H,1H3/b13-10+,16-9+. The number of thiocarbonyl (C=S) groups is 1. The third-order valence-electron chi connectivity index (χ3n) is 4.42. The average molecular weight is 439 g/mol. The summed E-state index contributed by atoms with van der Waals surface area (Å²) >= 11 is 6.23. The maximum atomic E-state index is 12.8. The van der Waals surface area contributed by atoms with Gasteiger partial charge in [0, 0.05) is 11.8 Å². The zero-order valence-corrected chi connectivity index (χ0v) is 17.1. The number of esters is 1. The van der Waals surface area contributed by atoms with Crippen LogP contribution in [0.1, 0.15) is 15.9 Å². The molecule has 150 valence electrons. The number of nitrogens with zero attached hydrogens (tertiary/aromatic N) is 1. The molecule has 4 rings (SSSR count). The first kappa shape index (κ1) is 19.9. The monoisotopic (exact) mass is 439 g/mol. The van der Waals surface area contributed by atoms with Crippen LogP contribution in [0.25, 0.3) is 6.08 Å². The number of hydrogen-bond donors (Lipinski definition) is 1.